The fraction of sp³-hybridized carbons (Fsp3) is 0.500. The number of amides is 1. The Bertz CT molecular complexity index is 660. The number of nitrogens with zero attached hydrogens (tertiary/aromatic N) is 1. The van der Waals surface area contributed by atoms with Crippen molar-refractivity contribution in [1.82, 2.24) is 4.90 Å². The second-order valence-corrected chi connectivity index (χ2v) is 6.77. The number of primary sulfonamides is 1. The predicted molar refractivity (Wildman–Crippen MR) is 80.5 cm³/mol. The van der Waals surface area contributed by atoms with Gasteiger partial charge in [-0.1, -0.05) is 12.1 Å². The molecule has 0 fully saturated rings. The fourth-order valence-corrected chi connectivity index (χ4v) is 2.41. The van der Waals surface area contributed by atoms with Crippen molar-refractivity contribution < 1.29 is 31.1 Å². The molecular formula is C14H19F3N2O4S. The van der Waals surface area contributed by atoms with Gasteiger partial charge in [-0.25, -0.2) is 13.6 Å². The smallest absolute Gasteiger partial charge is 0.372 e. The molecule has 1 aromatic rings. The van der Waals surface area contributed by atoms with Gasteiger partial charge in [0.05, 0.1) is 24.0 Å². The molecule has 0 spiro atoms. The lowest BCUT2D eigenvalue weighted by Gasteiger charge is -2.25. The number of carbonyl (C=O) groups excluding carboxylic acids is 1. The van der Waals surface area contributed by atoms with E-state index in [1.54, 1.807) is 6.92 Å². The van der Waals surface area contributed by atoms with Crippen LogP contribution in [0, 0.1) is 0 Å². The first-order chi connectivity index (χ1) is 10.9. The van der Waals surface area contributed by atoms with Gasteiger partial charge in [0, 0.05) is 7.05 Å². The molecule has 0 aliphatic heterocycles. The highest BCUT2D eigenvalue weighted by Gasteiger charge is 2.27. The third-order valence-corrected chi connectivity index (χ3v) is 4.32. The predicted octanol–water partition coefficient (Wildman–Crippen LogP) is 1.82. The average molecular weight is 368 g/mol. The van der Waals surface area contributed by atoms with Gasteiger partial charge >= 0.3 is 6.18 Å². The summed E-state index contributed by atoms with van der Waals surface area (Å²) in [6.07, 6.45) is -4.61. The van der Waals surface area contributed by atoms with Crippen molar-refractivity contribution in [3.05, 3.63) is 29.8 Å². The number of carbonyl (C=O) groups is 1. The van der Waals surface area contributed by atoms with Crippen LogP contribution in [0.4, 0.5) is 13.2 Å². The molecule has 0 aliphatic carbocycles. The van der Waals surface area contributed by atoms with E-state index in [9.17, 15) is 26.4 Å². The zero-order valence-electron chi connectivity index (χ0n) is 13.2. The number of nitrogens with two attached hydrogens (primary N) is 1. The van der Waals surface area contributed by atoms with Crippen LogP contribution < -0.4 is 5.14 Å². The van der Waals surface area contributed by atoms with Crippen LogP contribution in [0.2, 0.25) is 0 Å². The molecule has 6 nitrogen and oxygen atoms in total. The first-order valence-electron chi connectivity index (χ1n) is 6.95. The summed E-state index contributed by atoms with van der Waals surface area (Å²) in [5.74, 6) is -0.389. The Balaban J connectivity index is 2.60. The summed E-state index contributed by atoms with van der Waals surface area (Å²) < 4.78 is 62.6. The van der Waals surface area contributed by atoms with Gasteiger partial charge in [0.1, 0.15) is 6.61 Å². The molecule has 0 radical (unpaired) electrons. The van der Waals surface area contributed by atoms with Crippen LogP contribution >= 0.6 is 0 Å². The largest absolute Gasteiger partial charge is 0.411 e. The molecule has 1 unspecified atom stereocenters. The van der Waals surface area contributed by atoms with Crippen LogP contribution in [-0.2, 0) is 19.6 Å². The first kappa shape index (κ1) is 20.4. The quantitative estimate of drug-likeness (QED) is 0.744. The van der Waals surface area contributed by atoms with Crippen LogP contribution in [0.5, 0.6) is 0 Å². The lowest BCUT2D eigenvalue weighted by Crippen LogP contribution is -2.30. The molecule has 1 rings (SSSR count). The minimum atomic E-state index is -4.42. The summed E-state index contributed by atoms with van der Waals surface area (Å²) in [6.45, 7) is -0.0191. The zero-order valence-corrected chi connectivity index (χ0v) is 14.0. The van der Waals surface area contributed by atoms with Crippen molar-refractivity contribution in [3.8, 4) is 0 Å². The summed E-state index contributed by atoms with van der Waals surface area (Å²) in [6, 6.07) is 5.30. The molecule has 136 valence electrons. The van der Waals surface area contributed by atoms with Crippen molar-refractivity contribution >= 4 is 15.9 Å². The Morgan fingerprint density at radius 3 is 2.29 bits per heavy atom. The van der Waals surface area contributed by atoms with Gasteiger partial charge in [-0.05, 0) is 24.6 Å². The van der Waals surface area contributed by atoms with E-state index < -0.39 is 28.8 Å². The number of hydrogen-bond donors (Lipinski definition) is 1. The minimum absolute atomic E-state index is 0.0482. The second kappa shape index (κ2) is 7.95. The van der Waals surface area contributed by atoms with Gasteiger partial charge in [-0.2, -0.15) is 13.2 Å². The standard InChI is InChI=1S/C14H19F3N2O4S/c1-10(11-3-5-12(6-4-11)24(18,21)22)19(2)13(20)7-8-23-9-14(15,16)17/h3-6,10H,7-9H2,1-2H3,(H2,18,21,22). The lowest BCUT2D eigenvalue weighted by atomic mass is 10.1. The van der Waals surface area contributed by atoms with Crippen molar-refractivity contribution in [2.75, 3.05) is 20.3 Å². The monoisotopic (exact) mass is 368 g/mol. The number of halogens is 3. The Hall–Kier alpha value is -1.65. The molecule has 1 aromatic carbocycles. The lowest BCUT2D eigenvalue weighted by molar-refractivity contribution is -0.175. The number of ether oxygens (including phenoxy) is 1. The molecule has 1 amide bonds. The topological polar surface area (TPSA) is 89.7 Å². The van der Waals surface area contributed by atoms with E-state index in [1.165, 1.54) is 36.2 Å². The Morgan fingerprint density at radius 1 is 1.29 bits per heavy atom. The Labute approximate surface area is 138 Å². The maximum absolute atomic E-state index is 12.0. The molecule has 0 saturated carbocycles. The summed E-state index contributed by atoms with van der Waals surface area (Å²) in [5.41, 5.74) is 0.662. The van der Waals surface area contributed by atoms with Crippen molar-refractivity contribution in [1.29, 1.82) is 0 Å². The molecule has 0 aliphatic rings. The Morgan fingerprint density at radius 2 is 1.83 bits per heavy atom. The van der Waals surface area contributed by atoms with Gasteiger partial charge in [0.25, 0.3) is 0 Å². The molecule has 0 heterocycles. The van der Waals surface area contributed by atoms with Gasteiger partial charge in [-0.15, -0.1) is 0 Å². The molecule has 0 aromatic heterocycles. The summed E-state index contributed by atoms with van der Waals surface area (Å²) >= 11 is 0. The van der Waals surface area contributed by atoms with Crippen LogP contribution in [-0.4, -0.2) is 45.7 Å². The minimum Gasteiger partial charge on any atom is -0.372 e. The molecule has 24 heavy (non-hydrogen) atoms. The number of benzene rings is 1. The molecule has 10 heteroatoms. The first-order valence-corrected chi connectivity index (χ1v) is 8.49. The molecule has 0 saturated heterocycles. The van der Waals surface area contributed by atoms with E-state index in [2.05, 4.69) is 4.74 Å². The number of alkyl halides is 3. The molecular weight excluding hydrogens is 349 g/mol. The Kier molecular flexibility index (Phi) is 6.76. The molecule has 0 bridgehead atoms. The number of hydrogen-bond acceptors (Lipinski definition) is 4. The van der Waals surface area contributed by atoms with E-state index in [1.807, 2.05) is 0 Å². The van der Waals surface area contributed by atoms with E-state index >= 15 is 0 Å². The average Bonchev–Trinajstić information content (AvgIpc) is 2.48. The highest BCUT2D eigenvalue weighted by Crippen LogP contribution is 2.21. The van der Waals surface area contributed by atoms with Gasteiger partial charge in [-0.3, -0.25) is 4.79 Å². The normalized spacial score (nSPS) is 13.6. The fourth-order valence-electron chi connectivity index (χ4n) is 1.90. The highest BCUT2D eigenvalue weighted by atomic mass is 32.2. The van der Waals surface area contributed by atoms with E-state index in [0.29, 0.717) is 5.56 Å². The van der Waals surface area contributed by atoms with Crippen molar-refractivity contribution in [2.24, 2.45) is 5.14 Å². The maximum atomic E-state index is 12.0. The van der Waals surface area contributed by atoms with Crippen LogP contribution in [0.1, 0.15) is 24.9 Å². The van der Waals surface area contributed by atoms with Crippen LogP contribution in [0.15, 0.2) is 29.2 Å². The third-order valence-electron chi connectivity index (χ3n) is 3.39. The summed E-state index contributed by atoms with van der Waals surface area (Å²) in [7, 11) is -2.29. The number of rotatable bonds is 7. The van der Waals surface area contributed by atoms with Crippen LogP contribution in [0.25, 0.3) is 0 Å². The second-order valence-electron chi connectivity index (χ2n) is 5.21. The molecule has 1 atom stereocenters. The summed E-state index contributed by atoms with van der Waals surface area (Å²) in [4.78, 5) is 13.3. The van der Waals surface area contributed by atoms with Gasteiger partial charge in [0.15, 0.2) is 0 Å². The van der Waals surface area contributed by atoms with Crippen LogP contribution in [0.3, 0.4) is 0 Å². The van der Waals surface area contributed by atoms with E-state index in [4.69, 9.17) is 5.14 Å². The van der Waals surface area contributed by atoms with Crippen molar-refractivity contribution in [3.63, 3.8) is 0 Å². The van der Waals surface area contributed by atoms with E-state index in [-0.39, 0.29) is 23.8 Å². The number of sulfonamides is 1. The zero-order chi connectivity index (χ0) is 18.5. The third kappa shape index (κ3) is 6.46. The van der Waals surface area contributed by atoms with Gasteiger partial charge in [0.2, 0.25) is 15.9 Å². The highest BCUT2D eigenvalue weighted by molar-refractivity contribution is 7.89. The SMILES string of the molecule is CC(c1ccc(S(N)(=O)=O)cc1)N(C)C(=O)CCOCC(F)(F)F. The molecule has 2 N–H and O–H groups in total. The van der Waals surface area contributed by atoms with E-state index in [0.717, 1.165) is 0 Å². The summed E-state index contributed by atoms with van der Waals surface area (Å²) in [5, 5.41) is 5.00. The van der Waals surface area contributed by atoms with Crippen molar-refractivity contribution in [2.45, 2.75) is 30.5 Å². The van der Waals surface area contributed by atoms with Gasteiger partial charge < -0.3 is 9.64 Å². The maximum Gasteiger partial charge on any atom is 0.411 e.